The summed E-state index contributed by atoms with van der Waals surface area (Å²) in [5.74, 6) is -0.183. The van der Waals surface area contributed by atoms with Crippen LogP contribution < -0.4 is 10.2 Å². The van der Waals surface area contributed by atoms with Crippen LogP contribution in [0, 0.1) is 0 Å². The van der Waals surface area contributed by atoms with Gasteiger partial charge in [-0.15, -0.1) is 0 Å². The second kappa shape index (κ2) is 8.25. The lowest BCUT2D eigenvalue weighted by Crippen LogP contribution is -3.16. The molecule has 2 aromatic carbocycles. The summed E-state index contributed by atoms with van der Waals surface area (Å²) in [6.07, 6.45) is 0.294. The van der Waals surface area contributed by atoms with Gasteiger partial charge in [-0.05, 0) is 26.0 Å². The molecule has 5 heteroatoms. The van der Waals surface area contributed by atoms with Gasteiger partial charge in [0.25, 0.3) is 5.91 Å². The third kappa shape index (κ3) is 4.56. The Balaban J connectivity index is 1.70. The normalized spacial score (nSPS) is 22.6. The molecule has 0 saturated carbocycles. The minimum atomic E-state index is -0.0949. The summed E-state index contributed by atoms with van der Waals surface area (Å²) in [6.45, 7) is 6.04. The van der Waals surface area contributed by atoms with Crippen molar-refractivity contribution < 1.29 is 19.2 Å². The lowest BCUT2D eigenvalue weighted by Gasteiger charge is -2.31. The predicted octanol–water partition coefficient (Wildman–Crippen LogP) is 1.55. The number of carbonyl (C=O) groups excluding carboxylic acids is 2. The zero-order valence-corrected chi connectivity index (χ0v) is 15.2. The van der Waals surface area contributed by atoms with Crippen LogP contribution in [-0.2, 0) is 9.53 Å². The quantitative estimate of drug-likeness (QED) is 0.802. The number of anilines is 1. The molecule has 0 radical (unpaired) electrons. The number of carbonyl (C=O) groups is 2. The van der Waals surface area contributed by atoms with E-state index in [1.807, 2.05) is 44.2 Å². The summed E-state index contributed by atoms with van der Waals surface area (Å²) in [6, 6.07) is 16.2. The van der Waals surface area contributed by atoms with Gasteiger partial charge < -0.3 is 15.0 Å². The lowest BCUT2D eigenvalue weighted by atomic mass is 10.0. The number of quaternary nitrogens is 1. The van der Waals surface area contributed by atoms with Crippen LogP contribution in [0.2, 0.25) is 0 Å². The maximum absolute atomic E-state index is 12.8. The third-order valence-electron chi connectivity index (χ3n) is 4.51. The Hall–Kier alpha value is -2.50. The highest BCUT2D eigenvalue weighted by Crippen LogP contribution is 2.19. The second-order valence-corrected chi connectivity index (χ2v) is 6.88. The van der Waals surface area contributed by atoms with Crippen molar-refractivity contribution in [2.24, 2.45) is 0 Å². The minimum Gasteiger partial charge on any atom is -0.364 e. The monoisotopic (exact) mass is 353 g/mol. The number of ether oxygens (including phenoxy) is 1. The molecule has 1 heterocycles. The first kappa shape index (κ1) is 18.3. The Kier molecular flexibility index (Phi) is 5.81. The van der Waals surface area contributed by atoms with Gasteiger partial charge in [-0.25, -0.2) is 0 Å². The van der Waals surface area contributed by atoms with E-state index in [1.54, 1.807) is 24.3 Å². The number of hydrogen-bond acceptors (Lipinski definition) is 3. The molecule has 0 bridgehead atoms. The SMILES string of the molecule is C[C@H]1C[NH+](CC(=O)Nc2ccccc2C(=O)c2ccccc2)C[C@H](C)O1. The van der Waals surface area contributed by atoms with Crippen LogP contribution in [0.4, 0.5) is 5.69 Å². The zero-order chi connectivity index (χ0) is 18.5. The standard InChI is InChI=1S/C21H24N2O3/c1-15-12-23(13-16(2)26-15)14-20(24)22-19-11-7-6-10-18(19)21(25)17-8-4-3-5-9-17/h3-11,15-16H,12-14H2,1-2H3,(H,22,24)/p+1/t15-,16-/m0/s1. The van der Waals surface area contributed by atoms with E-state index >= 15 is 0 Å². The molecule has 0 aromatic heterocycles. The number of rotatable bonds is 5. The van der Waals surface area contributed by atoms with Crippen molar-refractivity contribution in [1.82, 2.24) is 0 Å². The molecule has 136 valence electrons. The van der Waals surface area contributed by atoms with E-state index in [1.165, 1.54) is 4.90 Å². The number of benzene rings is 2. The van der Waals surface area contributed by atoms with Gasteiger partial charge in [-0.1, -0.05) is 42.5 Å². The Bertz CT molecular complexity index is 766. The van der Waals surface area contributed by atoms with Crippen molar-refractivity contribution in [3.05, 3.63) is 65.7 Å². The number of nitrogens with one attached hydrogen (secondary N) is 2. The molecule has 2 atom stereocenters. The summed E-state index contributed by atoms with van der Waals surface area (Å²) < 4.78 is 5.72. The second-order valence-electron chi connectivity index (χ2n) is 6.88. The summed E-state index contributed by atoms with van der Waals surface area (Å²) in [5.41, 5.74) is 1.67. The van der Waals surface area contributed by atoms with E-state index in [0.717, 1.165) is 13.1 Å². The van der Waals surface area contributed by atoms with Crippen LogP contribution in [0.5, 0.6) is 0 Å². The molecule has 1 saturated heterocycles. The summed E-state index contributed by atoms with van der Waals surface area (Å²) >= 11 is 0. The number of hydrogen-bond donors (Lipinski definition) is 2. The first-order chi connectivity index (χ1) is 12.5. The van der Waals surface area contributed by atoms with Crippen LogP contribution in [0.3, 0.4) is 0 Å². The highest BCUT2D eigenvalue weighted by atomic mass is 16.5. The Morgan fingerprint density at radius 2 is 1.62 bits per heavy atom. The maximum atomic E-state index is 12.8. The summed E-state index contributed by atoms with van der Waals surface area (Å²) in [7, 11) is 0. The average molecular weight is 353 g/mol. The summed E-state index contributed by atoms with van der Waals surface area (Å²) in [4.78, 5) is 26.5. The van der Waals surface area contributed by atoms with Gasteiger partial charge in [0.1, 0.15) is 25.3 Å². The minimum absolute atomic E-state index is 0.0883. The van der Waals surface area contributed by atoms with Gasteiger partial charge in [0.2, 0.25) is 0 Å². The van der Waals surface area contributed by atoms with Crippen molar-refractivity contribution in [1.29, 1.82) is 0 Å². The predicted molar refractivity (Wildman–Crippen MR) is 101 cm³/mol. The topological polar surface area (TPSA) is 59.8 Å². The number of morpholine rings is 1. The molecule has 26 heavy (non-hydrogen) atoms. The fraction of sp³-hybridized carbons (Fsp3) is 0.333. The van der Waals surface area contributed by atoms with Gasteiger partial charge in [0.15, 0.2) is 12.3 Å². The van der Waals surface area contributed by atoms with E-state index in [4.69, 9.17) is 4.74 Å². The Labute approximate surface area is 154 Å². The van der Waals surface area contributed by atoms with Crippen molar-refractivity contribution in [3.63, 3.8) is 0 Å². The van der Waals surface area contributed by atoms with Crippen molar-refractivity contribution in [2.75, 3.05) is 25.0 Å². The van der Waals surface area contributed by atoms with Gasteiger partial charge in [-0.2, -0.15) is 0 Å². The van der Waals surface area contributed by atoms with Crippen molar-refractivity contribution in [3.8, 4) is 0 Å². The molecule has 5 nitrogen and oxygen atoms in total. The molecule has 2 aromatic rings. The van der Waals surface area contributed by atoms with Crippen LogP contribution >= 0.6 is 0 Å². The fourth-order valence-corrected chi connectivity index (χ4v) is 3.49. The summed E-state index contributed by atoms with van der Waals surface area (Å²) in [5, 5.41) is 2.92. The molecule has 1 aliphatic rings. The van der Waals surface area contributed by atoms with Gasteiger partial charge in [0, 0.05) is 11.1 Å². The maximum Gasteiger partial charge on any atom is 0.279 e. The third-order valence-corrected chi connectivity index (χ3v) is 4.51. The van der Waals surface area contributed by atoms with E-state index in [0.29, 0.717) is 23.4 Å². The first-order valence-corrected chi connectivity index (χ1v) is 9.00. The lowest BCUT2D eigenvalue weighted by molar-refractivity contribution is -0.907. The number of ketones is 1. The average Bonchev–Trinajstić information content (AvgIpc) is 2.61. The Morgan fingerprint density at radius 1 is 1.00 bits per heavy atom. The van der Waals surface area contributed by atoms with E-state index < -0.39 is 0 Å². The zero-order valence-electron chi connectivity index (χ0n) is 15.2. The van der Waals surface area contributed by atoms with Crippen molar-refractivity contribution in [2.45, 2.75) is 26.1 Å². The van der Waals surface area contributed by atoms with E-state index in [9.17, 15) is 9.59 Å². The molecule has 1 amide bonds. The number of amides is 1. The molecule has 2 N–H and O–H groups in total. The molecule has 1 aliphatic heterocycles. The van der Waals surface area contributed by atoms with Crippen LogP contribution in [0.25, 0.3) is 0 Å². The molecule has 0 unspecified atom stereocenters. The largest absolute Gasteiger partial charge is 0.364 e. The first-order valence-electron chi connectivity index (χ1n) is 9.00. The molecular formula is C21H25N2O3+. The number of para-hydroxylation sites is 1. The van der Waals surface area contributed by atoms with E-state index in [2.05, 4.69) is 5.32 Å². The Morgan fingerprint density at radius 3 is 2.31 bits per heavy atom. The smallest absolute Gasteiger partial charge is 0.279 e. The molecular weight excluding hydrogens is 328 g/mol. The van der Waals surface area contributed by atoms with Crippen LogP contribution in [0.1, 0.15) is 29.8 Å². The van der Waals surface area contributed by atoms with Crippen LogP contribution in [-0.4, -0.2) is 43.5 Å². The van der Waals surface area contributed by atoms with E-state index in [-0.39, 0.29) is 23.9 Å². The highest BCUT2D eigenvalue weighted by molar-refractivity contribution is 6.13. The highest BCUT2D eigenvalue weighted by Gasteiger charge is 2.27. The molecule has 1 fully saturated rings. The fourth-order valence-electron chi connectivity index (χ4n) is 3.49. The van der Waals surface area contributed by atoms with Gasteiger partial charge >= 0.3 is 0 Å². The van der Waals surface area contributed by atoms with Gasteiger partial charge in [0.05, 0.1) is 5.69 Å². The molecule has 3 rings (SSSR count). The molecule has 0 spiro atoms. The van der Waals surface area contributed by atoms with Crippen LogP contribution in [0.15, 0.2) is 54.6 Å². The molecule has 0 aliphatic carbocycles. The van der Waals surface area contributed by atoms with Gasteiger partial charge in [-0.3, -0.25) is 9.59 Å². The van der Waals surface area contributed by atoms with Crippen molar-refractivity contribution >= 4 is 17.4 Å².